The zero-order valence-electron chi connectivity index (χ0n) is 17.3. The topological polar surface area (TPSA) is 79.0 Å². The highest BCUT2D eigenvalue weighted by molar-refractivity contribution is 5.96. The molecular formula is C23H27N3O4. The second-order valence-electron chi connectivity index (χ2n) is 7.29. The van der Waals surface area contributed by atoms with Crippen molar-refractivity contribution < 1.29 is 19.1 Å². The monoisotopic (exact) mass is 409 g/mol. The second-order valence-corrected chi connectivity index (χ2v) is 7.29. The molecule has 2 aromatic carbocycles. The number of benzene rings is 2. The van der Waals surface area contributed by atoms with Crippen molar-refractivity contribution in [3.05, 3.63) is 60.2 Å². The summed E-state index contributed by atoms with van der Waals surface area (Å²) < 4.78 is 5.10. The fourth-order valence-electron chi connectivity index (χ4n) is 3.55. The van der Waals surface area contributed by atoms with Gasteiger partial charge in [0.1, 0.15) is 5.75 Å². The first-order valence-electron chi connectivity index (χ1n) is 10.0. The van der Waals surface area contributed by atoms with E-state index >= 15 is 0 Å². The quantitative estimate of drug-likeness (QED) is 0.727. The van der Waals surface area contributed by atoms with E-state index in [4.69, 9.17) is 4.74 Å². The molecule has 2 aromatic rings. The molecule has 1 atom stereocenters. The average Bonchev–Trinajstić information content (AvgIpc) is 3.13. The number of nitrogens with one attached hydrogen (secondary N) is 1. The van der Waals surface area contributed by atoms with Crippen LogP contribution in [0.5, 0.6) is 5.75 Å². The highest BCUT2D eigenvalue weighted by atomic mass is 16.5. The largest absolute Gasteiger partial charge is 0.497 e. The molecule has 1 heterocycles. The zero-order valence-corrected chi connectivity index (χ0v) is 17.3. The van der Waals surface area contributed by atoms with Gasteiger partial charge in [0.15, 0.2) is 0 Å². The molecule has 3 rings (SSSR count). The van der Waals surface area contributed by atoms with Crippen LogP contribution in [0.4, 0.5) is 5.69 Å². The molecule has 158 valence electrons. The molecule has 3 amide bonds. The van der Waals surface area contributed by atoms with Gasteiger partial charge in [-0.25, -0.2) is 0 Å². The molecule has 1 saturated heterocycles. The molecule has 0 aromatic heterocycles. The number of ether oxygens (including phenoxy) is 1. The van der Waals surface area contributed by atoms with Gasteiger partial charge in [-0.2, -0.15) is 0 Å². The minimum atomic E-state index is -0.421. The molecule has 0 spiro atoms. The second kappa shape index (κ2) is 9.91. The molecule has 0 unspecified atom stereocenters. The fourth-order valence-corrected chi connectivity index (χ4v) is 3.55. The van der Waals surface area contributed by atoms with Gasteiger partial charge < -0.3 is 19.9 Å². The summed E-state index contributed by atoms with van der Waals surface area (Å²) in [6.07, 6.45) is 0.183. The third kappa shape index (κ3) is 5.37. The molecule has 1 N–H and O–H groups in total. The summed E-state index contributed by atoms with van der Waals surface area (Å²) in [6.45, 7) is 3.05. The van der Waals surface area contributed by atoms with Gasteiger partial charge in [-0.15, -0.1) is 0 Å². The van der Waals surface area contributed by atoms with E-state index in [-0.39, 0.29) is 30.7 Å². The number of anilines is 1. The maximum atomic E-state index is 12.9. The van der Waals surface area contributed by atoms with Crippen molar-refractivity contribution in [2.45, 2.75) is 19.9 Å². The Hall–Kier alpha value is -3.35. The fraction of sp³-hybridized carbons (Fsp3) is 0.348. The Labute approximate surface area is 176 Å². The molecule has 30 heavy (non-hydrogen) atoms. The van der Waals surface area contributed by atoms with Crippen molar-refractivity contribution in [3.8, 4) is 5.75 Å². The van der Waals surface area contributed by atoms with Gasteiger partial charge in [0, 0.05) is 31.7 Å². The van der Waals surface area contributed by atoms with Crippen molar-refractivity contribution in [3.63, 3.8) is 0 Å². The summed E-state index contributed by atoms with van der Waals surface area (Å²) in [5, 5.41) is 2.79. The normalized spacial score (nSPS) is 15.7. The van der Waals surface area contributed by atoms with Crippen LogP contribution in [0.15, 0.2) is 54.6 Å². The summed E-state index contributed by atoms with van der Waals surface area (Å²) in [5.74, 6) is -0.192. The van der Waals surface area contributed by atoms with Crippen LogP contribution in [0, 0.1) is 5.92 Å². The molecule has 1 aliphatic rings. The number of likely N-dealkylation sites (N-methyl/N-ethyl adjacent to an activating group) is 1. The molecule has 0 radical (unpaired) electrons. The summed E-state index contributed by atoms with van der Waals surface area (Å²) in [4.78, 5) is 41.0. The number of hydrogen-bond donors (Lipinski definition) is 1. The lowest BCUT2D eigenvalue weighted by Crippen LogP contribution is -2.42. The number of methoxy groups -OCH3 is 1. The summed E-state index contributed by atoms with van der Waals surface area (Å²) >= 11 is 0. The number of nitrogens with zero attached hydrogens (tertiary/aromatic N) is 2. The maximum absolute atomic E-state index is 12.9. The number of amides is 3. The van der Waals surface area contributed by atoms with Gasteiger partial charge in [0.25, 0.3) is 0 Å². The van der Waals surface area contributed by atoms with Gasteiger partial charge in [0.2, 0.25) is 17.7 Å². The lowest BCUT2D eigenvalue weighted by molar-refractivity contribution is -0.138. The first-order chi connectivity index (χ1) is 14.5. The van der Waals surface area contributed by atoms with Crippen LogP contribution >= 0.6 is 0 Å². The Morgan fingerprint density at radius 2 is 1.83 bits per heavy atom. The highest BCUT2D eigenvalue weighted by Crippen LogP contribution is 2.22. The Morgan fingerprint density at radius 1 is 1.13 bits per heavy atom. The van der Waals surface area contributed by atoms with Gasteiger partial charge in [0.05, 0.1) is 19.6 Å². The van der Waals surface area contributed by atoms with Gasteiger partial charge in [-0.05, 0) is 36.8 Å². The van der Waals surface area contributed by atoms with E-state index in [9.17, 15) is 14.4 Å². The molecule has 7 nitrogen and oxygen atoms in total. The van der Waals surface area contributed by atoms with Crippen LogP contribution in [-0.4, -0.2) is 54.3 Å². The van der Waals surface area contributed by atoms with E-state index in [1.54, 1.807) is 36.3 Å². The van der Waals surface area contributed by atoms with E-state index in [0.29, 0.717) is 31.1 Å². The Bertz CT molecular complexity index is 883. The lowest BCUT2D eigenvalue weighted by atomic mass is 10.1. The predicted octanol–water partition coefficient (Wildman–Crippen LogP) is 2.53. The van der Waals surface area contributed by atoms with Crippen LogP contribution in [0.2, 0.25) is 0 Å². The smallest absolute Gasteiger partial charge is 0.243 e. The molecule has 1 fully saturated rings. The number of hydrogen-bond acceptors (Lipinski definition) is 4. The first-order valence-corrected chi connectivity index (χ1v) is 10.0. The number of rotatable bonds is 8. The molecule has 0 bridgehead atoms. The van der Waals surface area contributed by atoms with Crippen molar-refractivity contribution in [1.29, 1.82) is 0 Å². The van der Waals surface area contributed by atoms with Gasteiger partial charge in [-0.3, -0.25) is 14.4 Å². The van der Waals surface area contributed by atoms with E-state index in [0.717, 1.165) is 5.56 Å². The van der Waals surface area contributed by atoms with Crippen LogP contribution < -0.4 is 10.1 Å². The molecule has 0 saturated carbocycles. The van der Waals surface area contributed by atoms with Crippen molar-refractivity contribution in [2.24, 2.45) is 5.92 Å². The van der Waals surface area contributed by atoms with Gasteiger partial charge >= 0.3 is 0 Å². The highest BCUT2D eigenvalue weighted by Gasteiger charge is 2.36. The molecule has 7 heteroatoms. The Kier molecular flexibility index (Phi) is 7.06. The van der Waals surface area contributed by atoms with Crippen LogP contribution in [-0.2, 0) is 20.9 Å². The molecular weight excluding hydrogens is 382 g/mol. The lowest BCUT2D eigenvalue weighted by Gasteiger charge is -2.24. The van der Waals surface area contributed by atoms with Crippen molar-refractivity contribution in [1.82, 2.24) is 9.80 Å². The van der Waals surface area contributed by atoms with Crippen LogP contribution in [0.1, 0.15) is 18.9 Å². The summed E-state index contributed by atoms with van der Waals surface area (Å²) in [5.41, 5.74) is 1.67. The molecule has 0 aliphatic carbocycles. The van der Waals surface area contributed by atoms with E-state index in [2.05, 4.69) is 5.32 Å². The van der Waals surface area contributed by atoms with Crippen LogP contribution in [0.3, 0.4) is 0 Å². The van der Waals surface area contributed by atoms with Crippen molar-refractivity contribution >= 4 is 23.4 Å². The number of carbonyl (C=O) groups is 3. The first kappa shape index (κ1) is 21.4. The van der Waals surface area contributed by atoms with Gasteiger partial charge in [-0.1, -0.05) is 30.3 Å². The standard InChI is InChI=1S/C23H27N3O4/c1-3-25(16-21(27)24-19-9-11-20(30-2)12-10-19)23(29)18-13-22(28)26(15-18)14-17-7-5-4-6-8-17/h4-12,18H,3,13-16H2,1-2H3,(H,24,27)/t18-/m1/s1. The van der Waals surface area contributed by atoms with E-state index < -0.39 is 5.92 Å². The van der Waals surface area contributed by atoms with Crippen LogP contribution in [0.25, 0.3) is 0 Å². The average molecular weight is 409 g/mol. The van der Waals surface area contributed by atoms with E-state index in [1.807, 2.05) is 37.3 Å². The molecule has 1 aliphatic heterocycles. The number of carbonyl (C=O) groups excluding carboxylic acids is 3. The maximum Gasteiger partial charge on any atom is 0.243 e. The summed E-state index contributed by atoms with van der Waals surface area (Å²) in [7, 11) is 1.58. The third-order valence-corrected chi connectivity index (χ3v) is 5.18. The summed E-state index contributed by atoms with van der Waals surface area (Å²) in [6, 6.07) is 16.7. The third-order valence-electron chi connectivity index (χ3n) is 5.18. The Morgan fingerprint density at radius 3 is 2.47 bits per heavy atom. The predicted molar refractivity (Wildman–Crippen MR) is 114 cm³/mol. The van der Waals surface area contributed by atoms with E-state index in [1.165, 1.54) is 4.90 Å². The minimum absolute atomic E-state index is 0.0315. The minimum Gasteiger partial charge on any atom is -0.497 e. The Balaban J connectivity index is 1.55. The number of likely N-dealkylation sites (tertiary alicyclic amines) is 1. The SMILES string of the molecule is CCN(CC(=O)Nc1ccc(OC)cc1)C(=O)[C@@H]1CC(=O)N(Cc2ccccc2)C1. The zero-order chi connectivity index (χ0) is 21.5. The van der Waals surface area contributed by atoms with Crippen molar-refractivity contribution in [2.75, 3.05) is 32.1 Å².